The Hall–Kier alpha value is -3.40. The smallest absolute Gasteiger partial charge is 0.353 e. The van der Waals surface area contributed by atoms with E-state index in [0.29, 0.717) is 17.9 Å². The van der Waals surface area contributed by atoms with Gasteiger partial charge in [-0.2, -0.15) is 13.2 Å². The Morgan fingerprint density at radius 3 is 2.60 bits per heavy atom. The molecule has 1 aromatic carbocycles. The van der Waals surface area contributed by atoms with Crippen molar-refractivity contribution in [2.75, 3.05) is 13.6 Å². The first-order valence-electron chi connectivity index (χ1n) is 11.6. The Balaban J connectivity index is 1.67. The molecule has 1 aliphatic rings. The first-order valence-corrected chi connectivity index (χ1v) is 11.6. The van der Waals surface area contributed by atoms with E-state index in [1.807, 2.05) is 36.6 Å². The normalized spacial score (nSPS) is 15.6. The van der Waals surface area contributed by atoms with Gasteiger partial charge in [0.25, 0.3) is 5.56 Å². The van der Waals surface area contributed by atoms with Gasteiger partial charge >= 0.3 is 6.18 Å². The molecule has 3 aromatic heterocycles. The number of fused-ring (bicyclic) bond motifs is 1. The van der Waals surface area contributed by atoms with E-state index >= 15 is 0 Å². The number of rotatable bonds is 6. The van der Waals surface area contributed by atoms with Gasteiger partial charge < -0.3 is 14.5 Å². The molecule has 1 aliphatic carbocycles. The molecule has 10 heteroatoms. The SMILES string of the molecule is CCN(C)Cc1cc2c(C(F)(F)F)cn(-c3cccc(C4(c5nncn5C)CCC4)c3)c(=O)c2[nH]1. The Morgan fingerprint density at radius 1 is 1.23 bits per heavy atom. The van der Waals surface area contributed by atoms with Crippen LogP contribution in [0.4, 0.5) is 13.2 Å². The largest absolute Gasteiger partial charge is 0.418 e. The highest BCUT2D eigenvalue weighted by molar-refractivity contribution is 5.84. The fourth-order valence-electron chi connectivity index (χ4n) is 5.02. The summed E-state index contributed by atoms with van der Waals surface area (Å²) < 4.78 is 45.2. The summed E-state index contributed by atoms with van der Waals surface area (Å²) in [5, 5.41) is 8.22. The Morgan fingerprint density at radius 2 is 2.00 bits per heavy atom. The molecule has 0 aliphatic heterocycles. The molecule has 1 saturated carbocycles. The number of pyridine rings is 1. The van der Waals surface area contributed by atoms with Crippen molar-refractivity contribution >= 4 is 10.9 Å². The summed E-state index contributed by atoms with van der Waals surface area (Å²) in [7, 11) is 3.75. The van der Waals surface area contributed by atoms with Gasteiger partial charge in [0, 0.05) is 36.6 Å². The summed E-state index contributed by atoms with van der Waals surface area (Å²) in [5.74, 6) is 0.814. The van der Waals surface area contributed by atoms with Crippen LogP contribution in [0.25, 0.3) is 16.6 Å². The van der Waals surface area contributed by atoms with Crippen molar-refractivity contribution in [2.24, 2.45) is 7.05 Å². The number of nitrogens with zero attached hydrogens (tertiary/aromatic N) is 5. The van der Waals surface area contributed by atoms with Crippen molar-refractivity contribution in [1.29, 1.82) is 0 Å². The van der Waals surface area contributed by atoms with Crippen molar-refractivity contribution in [3.63, 3.8) is 0 Å². The number of alkyl halides is 3. The Bertz CT molecular complexity index is 1440. The Labute approximate surface area is 200 Å². The molecule has 0 amide bonds. The maximum atomic E-state index is 14.1. The summed E-state index contributed by atoms with van der Waals surface area (Å²) in [6.07, 6.45) is 0.673. The van der Waals surface area contributed by atoms with Crippen LogP contribution in [-0.4, -0.2) is 42.8 Å². The molecule has 0 unspecified atom stereocenters. The number of H-pyrrole nitrogens is 1. The zero-order valence-electron chi connectivity index (χ0n) is 19.9. The number of hydrogen-bond donors (Lipinski definition) is 1. The molecular formula is C25H27F3N6O. The predicted molar refractivity (Wildman–Crippen MR) is 127 cm³/mol. The molecule has 0 radical (unpaired) electrons. The van der Waals surface area contributed by atoms with E-state index in [-0.39, 0.29) is 16.3 Å². The zero-order chi connectivity index (χ0) is 25.0. The number of aromatic nitrogens is 5. The van der Waals surface area contributed by atoms with Gasteiger partial charge in [-0.05, 0) is 50.2 Å². The number of aryl methyl sites for hydroxylation is 1. The topological polar surface area (TPSA) is 71.7 Å². The molecule has 3 heterocycles. The molecule has 35 heavy (non-hydrogen) atoms. The minimum Gasteiger partial charge on any atom is -0.353 e. The van der Waals surface area contributed by atoms with Crippen LogP contribution in [0.1, 0.15) is 48.8 Å². The summed E-state index contributed by atoms with van der Waals surface area (Å²) in [4.78, 5) is 18.3. The van der Waals surface area contributed by atoms with Gasteiger partial charge in [-0.15, -0.1) is 10.2 Å². The zero-order valence-corrected chi connectivity index (χ0v) is 19.9. The second-order valence-electron chi connectivity index (χ2n) is 9.38. The first-order chi connectivity index (χ1) is 16.6. The highest BCUT2D eigenvalue weighted by atomic mass is 19.4. The van der Waals surface area contributed by atoms with Crippen molar-refractivity contribution in [1.82, 2.24) is 29.2 Å². The quantitative estimate of drug-likeness (QED) is 0.441. The van der Waals surface area contributed by atoms with Crippen LogP contribution in [0.3, 0.4) is 0 Å². The van der Waals surface area contributed by atoms with Crippen LogP contribution in [-0.2, 0) is 25.2 Å². The summed E-state index contributed by atoms with van der Waals surface area (Å²) in [6, 6.07) is 8.62. The van der Waals surface area contributed by atoms with Gasteiger partial charge in [0.05, 0.1) is 11.0 Å². The lowest BCUT2D eigenvalue weighted by Gasteiger charge is -2.41. The lowest BCUT2D eigenvalue weighted by molar-refractivity contribution is -0.136. The van der Waals surface area contributed by atoms with Gasteiger partial charge in [0.1, 0.15) is 17.7 Å². The second-order valence-corrected chi connectivity index (χ2v) is 9.38. The molecule has 1 N–H and O–H groups in total. The van der Waals surface area contributed by atoms with E-state index in [4.69, 9.17) is 0 Å². The summed E-state index contributed by atoms with van der Waals surface area (Å²) >= 11 is 0. The summed E-state index contributed by atoms with van der Waals surface area (Å²) in [6.45, 7) is 3.10. The van der Waals surface area contributed by atoms with Crippen LogP contribution in [0.15, 0.2) is 47.7 Å². The molecule has 7 nitrogen and oxygen atoms in total. The maximum Gasteiger partial charge on any atom is 0.418 e. The number of hydrogen-bond acceptors (Lipinski definition) is 4. The standard InChI is InChI=1S/C25H27F3N6O/c1-4-32(2)13-17-12-19-20(25(26,27)28)14-34(22(35)21(19)30-17)18-8-5-7-16(11-18)24(9-6-10-24)23-31-29-15-33(23)3/h5,7-8,11-12,14-15,30H,4,6,9-10,13H2,1-3H3. The molecule has 184 valence electrons. The highest BCUT2D eigenvalue weighted by Gasteiger charge is 2.44. The molecule has 5 rings (SSSR count). The van der Waals surface area contributed by atoms with Crippen molar-refractivity contribution in [3.8, 4) is 5.69 Å². The summed E-state index contributed by atoms with van der Waals surface area (Å²) in [5.41, 5.74) is 0.0876. The van der Waals surface area contributed by atoms with E-state index in [1.54, 1.807) is 24.5 Å². The van der Waals surface area contributed by atoms with E-state index in [1.165, 1.54) is 6.07 Å². The fraction of sp³-hybridized carbons (Fsp3) is 0.400. The minimum absolute atomic E-state index is 0.0450. The van der Waals surface area contributed by atoms with Gasteiger partial charge in [-0.3, -0.25) is 9.36 Å². The van der Waals surface area contributed by atoms with Crippen LogP contribution >= 0.6 is 0 Å². The minimum atomic E-state index is -4.62. The van der Waals surface area contributed by atoms with E-state index < -0.39 is 17.3 Å². The number of benzene rings is 1. The van der Waals surface area contributed by atoms with Gasteiger partial charge in [-0.1, -0.05) is 25.5 Å². The van der Waals surface area contributed by atoms with E-state index in [9.17, 15) is 18.0 Å². The second kappa shape index (κ2) is 8.37. The highest BCUT2D eigenvalue weighted by Crippen LogP contribution is 2.48. The maximum absolute atomic E-state index is 14.1. The fourth-order valence-corrected chi connectivity index (χ4v) is 5.02. The molecule has 4 aromatic rings. The van der Waals surface area contributed by atoms with Gasteiger partial charge in [-0.25, -0.2) is 0 Å². The predicted octanol–water partition coefficient (Wildman–Crippen LogP) is 4.39. The lowest BCUT2D eigenvalue weighted by atomic mass is 9.63. The van der Waals surface area contributed by atoms with Crippen LogP contribution in [0.5, 0.6) is 0 Å². The molecule has 0 bridgehead atoms. The van der Waals surface area contributed by atoms with E-state index in [0.717, 1.165) is 48.0 Å². The molecule has 0 atom stereocenters. The Kier molecular flexibility index (Phi) is 5.58. The van der Waals surface area contributed by atoms with Gasteiger partial charge in [0.2, 0.25) is 0 Å². The van der Waals surface area contributed by atoms with Crippen molar-refractivity contribution < 1.29 is 13.2 Å². The van der Waals surface area contributed by atoms with E-state index in [2.05, 4.69) is 15.2 Å². The molecule has 0 saturated heterocycles. The van der Waals surface area contributed by atoms with Crippen LogP contribution in [0, 0.1) is 0 Å². The van der Waals surface area contributed by atoms with Crippen LogP contribution in [0.2, 0.25) is 0 Å². The first kappa shape index (κ1) is 23.3. The third kappa shape index (κ3) is 3.85. The molecule has 0 spiro atoms. The number of halogens is 3. The van der Waals surface area contributed by atoms with Crippen LogP contribution < -0.4 is 5.56 Å². The third-order valence-electron chi connectivity index (χ3n) is 7.16. The number of aromatic amines is 1. The number of nitrogens with one attached hydrogen (secondary N) is 1. The van der Waals surface area contributed by atoms with Crippen molar-refractivity contribution in [2.45, 2.75) is 44.3 Å². The molecular weight excluding hydrogens is 457 g/mol. The average Bonchev–Trinajstić information content (AvgIpc) is 3.39. The monoisotopic (exact) mass is 484 g/mol. The lowest BCUT2D eigenvalue weighted by Crippen LogP contribution is -2.38. The van der Waals surface area contributed by atoms with Crippen molar-refractivity contribution in [3.05, 3.63) is 75.9 Å². The molecule has 1 fully saturated rings. The average molecular weight is 485 g/mol. The van der Waals surface area contributed by atoms with Gasteiger partial charge in [0.15, 0.2) is 0 Å². The third-order valence-corrected chi connectivity index (χ3v) is 7.16.